The Morgan fingerprint density at radius 3 is 2.28 bits per heavy atom. The molecule has 0 saturated carbocycles. The molecule has 3 heteroatoms. The number of nitrogen functional groups attached to an aromatic ring is 1. The molecular formula is C15H21NO2. The van der Waals surface area contributed by atoms with Crippen molar-refractivity contribution in [3.8, 4) is 0 Å². The molecule has 0 fully saturated rings. The van der Waals surface area contributed by atoms with Crippen molar-refractivity contribution in [3.05, 3.63) is 28.8 Å². The lowest BCUT2D eigenvalue weighted by atomic mass is 9.89. The van der Waals surface area contributed by atoms with Gasteiger partial charge in [-0.15, -0.1) is 0 Å². The number of fused-ring (bicyclic) bond motifs is 1. The van der Waals surface area contributed by atoms with Crippen LogP contribution in [0.4, 0.5) is 5.69 Å². The number of rotatable bonds is 1. The van der Waals surface area contributed by atoms with E-state index in [9.17, 15) is 4.79 Å². The third kappa shape index (κ3) is 2.84. The minimum absolute atomic E-state index is 0.326. The van der Waals surface area contributed by atoms with Crippen LogP contribution in [-0.2, 0) is 17.6 Å². The van der Waals surface area contributed by atoms with Crippen molar-refractivity contribution in [2.45, 2.75) is 52.1 Å². The number of aryl methyl sites for hydroxylation is 2. The minimum atomic E-state index is -0.487. The van der Waals surface area contributed by atoms with Gasteiger partial charge in [-0.3, -0.25) is 0 Å². The average Bonchev–Trinajstić information content (AvgIpc) is 2.25. The summed E-state index contributed by atoms with van der Waals surface area (Å²) in [7, 11) is 0. The van der Waals surface area contributed by atoms with Crippen LogP contribution < -0.4 is 5.73 Å². The fraction of sp³-hybridized carbons (Fsp3) is 0.533. The number of benzene rings is 1. The Hall–Kier alpha value is -1.51. The molecule has 0 unspecified atom stereocenters. The van der Waals surface area contributed by atoms with Gasteiger partial charge in [-0.05, 0) is 69.7 Å². The van der Waals surface area contributed by atoms with Gasteiger partial charge in [0.25, 0.3) is 0 Å². The SMILES string of the molecule is CC(C)(C)OC(=O)c1cc2c(cc1N)CCCC2. The summed E-state index contributed by atoms with van der Waals surface area (Å²) >= 11 is 0. The summed E-state index contributed by atoms with van der Waals surface area (Å²) in [6.45, 7) is 5.58. The molecule has 1 aromatic carbocycles. The van der Waals surface area contributed by atoms with E-state index in [0.29, 0.717) is 11.3 Å². The van der Waals surface area contributed by atoms with Gasteiger partial charge in [0.1, 0.15) is 5.60 Å². The van der Waals surface area contributed by atoms with Gasteiger partial charge in [-0.25, -0.2) is 4.79 Å². The summed E-state index contributed by atoms with van der Waals surface area (Å²) in [6, 6.07) is 3.85. The van der Waals surface area contributed by atoms with Gasteiger partial charge in [0, 0.05) is 5.69 Å². The molecule has 18 heavy (non-hydrogen) atoms. The van der Waals surface area contributed by atoms with Gasteiger partial charge in [0.15, 0.2) is 0 Å². The zero-order valence-electron chi connectivity index (χ0n) is 11.4. The summed E-state index contributed by atoms with van der Waals surface area (Å²) in [6.07, 6.45) is 4.49. The predicted octanol–water partition coefficient (Wildman–Crippen LogP) is 3.10. The summed E-state index contributed by atoms with van der Waals surface area (Å²) in [5.41, 5.74) is 9.04. The molecule has 98 valence electrons. The highest BCUT2D eigenvalue weighted by atomic mass is 16.6. The van der Waals surface area contributed by atoms with E-state index in [-0.39, 0.29) is 5.97 Å². The maximum atomic E-state index is 12.1. The van der Waals surface area contributed by atoms with Crippen molar-refractivity contribution in [2.75, 3.05) is 5.73 Å². The molecule has 0 radical (unpaired) electrons. The molecule has 1 aliphatic rings. The number of carbonyl (C=O) groups excluding carboxylic acids is 1. The van der Waals surface area contributed by atoms with E-state index in [1.54, 1.807) is 0 Å². The third-order valence-electron chi connectivity index (χ3n) is 3.13. The van der Waals surface area contributed by atoms with Crippen molar-refractivity contribution in [1.29, 1.82) is 0 Å². The molecule has 0 spiro atoms. The Labute approximate surface area is 108 Å². The standard InChI is InChI=1S/C15H21NO2/c1-15(2,3)18-14(17)12-8-10-6-4-5-7-11(10)9-13(12)16/h8-9H,4-7,16H2,1-3H3. The van der Waals surface area contributed by atoms with Crippen LogP contribution in [0.3, 0.4) is 0 Å². The molecule has 2 N–H and O–H groups in total. The number of nitrogens with two attached hydrogens (primary N) is 1. The topological polar surface area (TPSA) is 52.3 Å². The molecule has 0 aliphatic heterocycles. The average molecular weight is 247 g/mol. The fourth-order valence-electron chi connectivity index (χ4n) is 2.31. The van der Waals surface area contributed by atoms with Crippen LogP contribution in [0.25, 0.3) is 0 Å². The molecule has 0 aromatic heterocycles. The Morgan fingerprint density at radius 2 is 1.72 bits per heavy atom. The van der Waals surface area contributed by atoms with Crippen molar-refractivity contribution in [1.82, 2.24) is 0 Å². The largest absolute Gasteiger partial charge is 0.456 e. The number of esters is 1. The lowest BCUT2D eigenvalue weighted by molar-refractivity contribution is 0.00707. The van der Waals surface area contributed by atoms with E-state index in [0.717, 1.165) is 12.8 Å². The minimum Gasteiger partial charge on any atom is -0.456 e. The van der Waals surface area contributed by atoms with Crippen LogP contribution in [0.1, 0.15) is 55.1 Å². The van der Waals surface area contributed by atoms with E-state index in [1.165, 1.54) is 24.0 Å². The summed E-state index contributed by atoms with van der Waals surface area (Å²) in [4.78, 5) is 12.1. The second-order valence-corrected chi connectivity index (χ2v) is 5.92. The molecule has 1 aliphatic carbocycles. The summed E-state index contributed by atoms with van der Waals surface area (Å²) in [5, 5.41) is 0. The molecular weight excluding hydrogens is 226 g/mol. The van der Waals surface area contributed by atoms with Gasteiger partial charge < -0.3 is 10.5 Å². The molecule has 0 heterocycles. The Balaban J connectivity index is 2.31. The van der Waals surface area contributed by atoms with Crippen LogP contribution in [0.5, 0.6) is 0 Å². The Bertz CT molecular complexity index is 472. The van der Waals surface area contributed by atoms with Gasteiger partial charge in [-0.2, -0.15) is 0 Å². The summed E-state index contributed by atoms with van der Waals surface area (Å²) in [5.74, 6) is -0.326. The number of anilines is 1. The van der Waals surface area contributed by atoms with Gasteiger partial charge >= 0.3 is 5.97 Å². The van der Waals surface area contributed by atoms with Gasteiger partial charge in [0.05, 0.1) is 5.56 Å². The van der Waals surface area contributed by atoms with Crippen LogP contribution >= 0.6 is 0 Å². The molecule has 0 amide bonds. The van der Waals surface area contributed by atoms with Crippen molar-refractivity contribution >= 4 is 11.7 Å². The number of hydrogen-bond donors (Lipinski definition) is 1. The van der Waals surface area contributed by atoms with Crippen molar-refractivity contribution in [3.63, 3.8) is 0 Å². The fourth-order valence-corrected chi connectivity index (χ4v) is 2.31. The Morgan fingerprint density at radius 1 is 1.17 bits per heavy atom. The van der Waals surface area contributed by atoms with Gasteiger partial charge in [-0.1, -0.05) is 0 Å². The highest BCUT2D eigenvalue weighted by molar-refractivity contribution is 5.95. The van der Waals surface area contributed by atoms with Crippen LogP contribution in [0, 0.1) is 0 Å². The van der Waals surface area contributed by atoms with Crippen LogP contribution in [-0.4, -0.2) is 11.6 Å². The first-order chi connectivity index (χ1) is 8.37. The van der Waals surface area contributed by atoms with Gasteiger partial charge in [0.2, 0.25) is 0 Å². The first-order valence-corrected chi connectivity index (χ1v) is 6.51. The van der Waals surface area contributed by atoms with E-state index in [2.05, 4.69) is 0 Å². The molecule has 1 aromatic rings. The molecule has 0 saturated heterocycles. The molecule has 3 nitrogen and oxygen atoms in total. The van der Waals surface area contributed by atoms with Crippen LogP contribution in [0.15, 0.2) is 12.1 Å². The smallest absolute Gasteiger partial charge is 0.340 e. The zero-order valence-corrected chi connectivity index (χ0v) is 11.4. The number of hydrogen-bond acceptors (Lipinski definition) is 3. The maximum absolute atomic E-state index is 12.1. The second-order valence-electron chi connectivity index (χ2n) is 5.92. The monoisotopic (exact) mass is 247 g/mol. The molecule has 0 atom stereocenters. The van der Waals surface area contributed by atoms with E-state index < -0.39 is 5.60 Å². The highest BCUT2D eigenvalue weighted by Gasteiger charge is 2.21. The highest BCUT2D eigenvalue weighted by Crippen LogP contribution is 2.27. The quantitative estimate of drug-likeness (QED) is 0.613. The number of carbonyl (C=O) groups is 1. The first kappa shape index (κ1) is 12.9. The lowest BCUT2D eigenvalue weighted by Crippen LogP contribution is -2.24. The second kappa shape index (κ2) is 4.63. The zero-order chi connectivity index (χ0) is 13.3. The van der Waals surface area contributed by atoms with Crippen molar-refractivity contribution < 1.29 is 9.53 Å². The molecule has 0 bridgehead atoms. The normalized spacial score (nSPS) is 15.1. The van der Waals surface area contributed by atoms with Crippen LogP contribution in [0.2, 0.25) is 0 Å². The Kier molecular flexibility index (Phi) is 3.33. The third-order valence-corrected chi connectivity index (χ3v) is 3.13. The van der Waals surface area contributed by atoms with E-state index in [1.807, 2.05) is 32.9 Å². The molecule has 2 rings (SSSR count). The van der Waals surface area contributed by atoms with Crippen molar-refractivity contribution in [2.24, 2.45) is 0 Å². The number of ether oxygens (including phenoxy) is 1. The lowest BCUT2D eigenvalue weighted by Gasteiger charge is -2.22. The summed E-state index contributed by atoms with van der Waals surface area (Å²) < 4.78 is 5.38. The predicted molar refractivity (Wildman–Crippen MR) is 72.7 cm³/mol. The first-order valence-electron chi connectivity index (χ1n) is 6.51. The van der Waals surface area contributed by atoms with E-state index >= 15 is 0 Å². The van der Waals surface area contributed by atoms with E-state index in [4.69, 9.17) is 10.5 Å². The maximum Gasteiger partial charge on any atom is 0.340 e.